The molecule has 120 valence electrons. The summed E-state index contributed by atoms with van der Waals surface area (Å²) in [7, 11) is 0. The van der Waals surface area contributed by atoms with Crippen molar-refractivity contribution in [3.05, 3.63) is 23.3 Å². The average Bonchev–Trinajstić information content (AvgIpc) is 2.72. The number of nitrogens with two attached hydrogens (primary N) is 1. The number of aliphatic hydroxyl groups is 1. The summed E-state index contributed by atoms with van der Waals surface area (Å²) >= 11 is 0. The number of fused-ring (bicyclic) bond motifs is 5. The summed E-state index contributed by atoms with van der Waals surface area (Å²) in [5.74, 6) is 0.845. The van der Waals surface area contributed by atoms with E-state index < -0.39 is 6.10 Å². The molecule has 0 saturated heterocycles. The molecule has 0 heterocycles. The van der Waals surface area contributed by atoms with Gasteiger partial charge in [-0.2, -0.15) is 0 Å². The molecule has 2 unspecified atom stereocenters. The van der Waals surface area contributed by atoms with Gasteiger partial charge in [-0.3, -0.25) is 4.79 Å². The Kier molecular flexibility index (Phi) is 3.03. The third kappa shape index (κ3) is 1.73. The summed E-state index contributed by atoms with van der Waals surface area (Å²) in [6, 6.07) is 0.304. The van der Waals surface area contributed by atoms with Crippen LogP contribution in [-0.2, 0) is 4.79 Å². The summed E-state index contributed by atoms with van der Waals surface area (Å²) in [6.45, 7) is 4.48. The maximum absolute atomic E-state index is 12.4. The fourth-order valence-corrected chi connectivity index (χ4v) is 5.83. The molecule has 0 bridgehead atoms. The number of carbonyl (C=O) groups excluding carboxylic acids is 1. The second-order valence-electron chi connectivity index (χ2n) is 8.46. The minimum absolute atomic E-state index is 0.0717. The first-order valence-electron chi connectivity index (χ1n) is 8.75. The van der Waals surface area contributed by atoms with Crippen LogP contribution in [0, 0.1) is 22.7 Å². The average molecular weight is 301 g/mol. The van der Waals surface area contributed by atoms with E-state index in [1.807, 2.05) is 0 Å². The molecule has 3 heteroatoms. The van der Waals surface area contributed by atoms with Crippen molar-refractivity contribution in [3.8, 4) is 0 Å². The van der Waals surface area contributed by atoms with Gasteiger partial charge in [-0.15, -0.1) is 0 Å². The molecule has 0 spiro atoms. The Morgan fingerprint density at radius 3 is 2.64 bits per heavy atom. The number of aliphatic hydroxyl groups excluding tert-OH is 1. The van der Waals surface area contributed by atoms with Crippen LogP contribution in [0.4, 0.5) is 0 Å². The van der Waals surface area contributed by atoms with Gasteiger partial charge in [0.2, 0.25) is 0 Å². The first-order valence-corrected chi connectivity index (χ1v) is 8.75. The predicted molar refractivity (Wildman–Crippen MR) is 86.1 cm³/mol. The van der Waals surface area contributed by atoms with Gasteiger partial charge in [-0.25, -0.2) is 0 Å². The Morgan fingerprint density at radius 2 is 1.86 bits per heavy atom. The molecule has 3 saturated carbocycles. The first-order chi connectivity index (χ1) is 10.4. The Bertz CT molecular complexity index is 592. The summed E-state index contributed by atoms with van der Waals surface area (Å²) in [5.41, 5.74) is 8.99. The van der Waals surface area contributed by atoms with Crippen molar-refractivity contribution >= 4 is 5.78 Å². The summed E-state index contributed by atoms with van der Waals surface area (Å²) in [4.78, 5) is 12.4. The minimum atomic E-state index is -0.757. The van der Waals surface area contributed by atoms with Crippen molar-refractivity contribution in [1.29, 1.82) is 0 Å². The van der Waals surface area contributed by atoms with E-state index in [9.17, 15) is 9.90 Å². The highest BCUT2D eigenvalue weighted by Crippen LogP contribution is 2.62. The molecular formula is C19H27NO2. The van der Waals surface area contributed by atoms with Crippen LogP contribution in [0.3, 0.4) is 0 Å². The first kappa shape index (κ1) is 14.6. The normalized spacial score (nSPS) is 50.6. The predicted octanol–water partition coefficient (Wildman–Crippen LogP) is 2.74. The Labute approximate surface area is 132 Å². The highest BCUT2D eigenvalue weighted by molar-refractivity contribution is 5.91. The lowest BCUT2D eigenvalue weighted by atomic mass is 9.51. The molecule has 0 aromatic rings. The van der Waals surface area contributed by atoms with E-state index in [4.69, 9.17) is 5.73 Å². The van der Waals surface area contributed by atoms with E-state index in [2.05, 4.69) is 26.0 Å². The second kappa shape index (κ2) is 4.55. The molecular weight excluding hydrogens is 274 g/mol. The molecule has 4 aliphatic carbocycles. The van der Waals surface area contributed by atoms with Crippen molar-refractivity contribution in [2.75, 3.05) is 0 Å². The lowest BCUT2D eigenvalue weighted by molar-refractivity contribution is -0.133. The quantitative estimate of drug-likeness (QED) is 0.723. The Morgan fingerprint density at radius 1 is 1.14 bits per heavy atom. The van der Waals surface area contributed by atoms with Crippen LogP contribution in [0.5, 0.6) is 0 Å². The van der Waals surface area contributed by atoms with E-state index >= 15 is 0 Å². The zero-order valence-corrected chi connectivity index (χ0v) is 13.6. The number of Topliss-reactive ketones (excluding diaryl/α,β-unsaturated/α-hetero) is 1. The van der Waals surface area contributed by atoms with E-state index in [1.165, 1.54) is 11.1 Å². The Hall–Kier alpha value is -0.930. The Balaban J connectivity index is 1.76. The van der Waals surface area contributed by atoms with Crippen molar-refractivity contribution in [3.63, 3.8) is 0 Å². The lowest BCUT2D eigenvalue weighted by Gasteiger charge is -2.53. The molecule has 0 amide bonds. The number of rotatable bonds is 0. The maximum Gasteiger partial charge on any atom is 0.167 e. The molecule has 22 heavy (non-hydrogen) atoms. The molecule has 3 N–H and O–H groups in total. The fourth-order valence-electron chi connectivity index (χ4n) is 5.83. The number of hydrogen-bond acceptors (Lipinski definition) is 3. The van der Waals surface area contributed by atoms with Gasteiger partial charge in [0.15, 0.2) is 5.78 Å². The van der Waals surface area contributed by atoms with E-state index in [-0.39, 0.29) is 22.5 Å². The molecule has 4 rings (SSSR count). The van der Waals surface area contributed by atoms with Gasteiger partial charge in [0.25, 0.3) is 0 Å². The zero-order chi connectivity index (χ0) is 15.7. The monoisotopic (exact) mass is 301 g/mol. The van der Waals surface area contributed by atoms with Crippen LogP contribution in [-0.4, -0.2) is 23.0 Å². The minimum Gasteiger partial charge on any atom is -0.385 e. The second-order valence-corrected chi connectivity index (χ2v) is 8.46. The molecule has 0 radical (unpaired) electrons. The topological polar surface area (TPSA) is 63.3 Å². The largest absolute Gasteiger partial charge is 0.385 e. The van der Waals surface area contributed by atoms with E-state index in [0.717, 1.165) is 32.1 Å². The molecule has 4 aliphatic rings. The van der Waals surface area contributed by atoms with Gasteiger partial charge in [0.05, 0.1) is 0 Å². The molecule has 0 aromatic heterocycles. The third-order valence-electron chi connectivity index (χ3n) is 7.35. The molecule has 0 aliphatic heterocycles. The van der Waals surface area contributed by atoms with Crippen molar-refractivity contribution in [2.24, 2.45) is 28.4 Å². The van der Waals surface area contributed by atoms with Gasteiger partial charge in [-0.05, 0) is 55.8 Å². The third-order valence-corrected chi connectivity index (χ3v) is 7.35. The molecule has 6 atom stereocenters. The highest BCUT2D eigenvalue weighted by Gasteiger charge is 2.58. The van der Waals surface area contributed by atoms with Gasteiger partial charge in [0, 0.05) is 11.5 Å². The van der Waals surface area contributed by atoms with Crippen LogP contribution in [0.25, 0.3) is 0 Å². The summed E-state index contributed by atoms with van der Waals surface area (Å²) in [5, 5.41) is 10.1. The number of ketones is 1. The van der Waals surface area contributed by atoms with Crippen molar-refractivity contribution < 1.29 is 9.90 Å². The van der Waals surface area contributed by atoms with Gasteiger partial charge < -0.3 is 10.8 Å². The molecule has 3 nitrogen and oxygen atoms in total. The number of carbonyl (C=O) groups is 1. The lowest BCUT2D eigenvalue weighted by Crippen LogP contribution is -2.47. The fraction of sp³-hybridized carbons (Fsp3) is 0.737. The number of allylic oxidation sites excluding steroid dienone is 3. The smallest absolute Gasteiger partial charge is 0.167 e. The van der Waals surface area contributed by atoms with Crippen LogP contribution < -0.4 is 5.73 Å². The van der Waals surface area contributed by atoms with Gasteiger partial charge in [-0.1, -0.05) is 37.1 Å². The maximum atomic E-state index is 12.4. The van der Waals surface area contributed by atoms with Gasteiger partial charge in [0.1, 0.15) is 6.10 Å². The van der Waals surface area contributed by atoms with Crippen LogP contribution >= 0.6 is 0 Å². The van der Waals surface area contributed by atoms with E-state index in [0.29, 0.717) is 18.4 Å². The van der Waals surface area contributed by atoms with Crippen LogP contribution in [0.15, 0.2) is 23.3 Å². The van der Waals surface area contributed by atoms with Crippen molar-refractivity contribution in [2.45, 2.75) is 64.5 Å². The zero-order valence-electron chi connectivity index (χ0n) is 13.6. The highest BCUT2D eigenvalue weighted by atomic mass is 16.3. The van der Waals surface area contributed by atoms with Crippen molar-refractivity contribution in [1.82, 2.24) is 0 Å². The molecule has 3 fully saturated rings. The van der Waals surface area contributed by atoms with Crippen LogP contribution in [0.2, 0.25) is 0 Å². The van der Waals surface area contributed by atoms with Crippen LogP contribution in [0.1, 0.15) is 52.4 Å². The molecule has 0 aromatic carbocycles. The standard InChI is InChI=1S/C19H27NO2/c1-18-7-5-12(20)9-11(18)3-4-13-14(18)6-8-19(2)15(13)10-16(21)17(19)22/h3-4,12,14-16,21H,5-10,20H2,1-2H3/t12?,14-,15+,16?,18+,19+/m1/s1. The van der Waals surface area contributed by atoms with Gasteiger partial charge >= 0.3 is 0 Å². The summed E-state index contributed by atoms with van der Waals surface area (Å²) in [6.07, 6.45) is 9.68. The number of hydrogen-bond donors (Lipinski definition) is 2. The van der Waals surface area contributed by atoms with E-state index in [1.54, 1.807) is 0 Å². The SMILES string of the molecule is C[C@]12CCC(N)CC1=CC=C1[C@H]2CC[C@]2(C)C(=O)C(O)C[C@@H]12. The summed E-state index contributed by atoms with van der Waals surface area (Å²) < 4.78 is 0.